The second kappa shape index (κ2) is 5.72. The fourth-order valence-electron chi connectivity index (χ4n) is 1.76. The van der Waals surface area contributed by atoms with Crippen molar-refractivity contribution in [3.63, 3.8) is 0 Å². The van der Waals surface area contributed by atoms with Gasteiger partial charge in [0.15, 0.2) is 9.84 Å². The van der Waals surface area contributed by atoms with Gasteiger partial charge in [-0.25, -0.2) is 13.4 Å². The number of nitrogens with zero attached hydrogens (tertiary/aromatic N) is 2. The van der Waals surface area contributed by atoms with Gasteiger partial charge in [0.05, 0.1) is 11.6 Å². The molecule has 1 aromatic carbocycles. The Hall–Kier alpha value is -2.39. The number of nitriles is 1. The van der Waals surface area contributed by atoms with Gasteiger partial charge in [0, 0.05) is 19.0 Å². The van der Waals surface area contributed by atoms with Crippen LogP contribution in [0.4, 0.5) is 5.82 Å². The van der Waals surface area contributed by atoms with Gasteiger partial charge in [-0.2, -0.15) is 5.26 Å². The van der Waals surface area contributed by atoms with Crippen LogP contribution in [-0.4, -0.2) is 19.7 Å². The highest BCUT2D eigenvalue weighted by Crippen LogP contribution is 2.18. The van der Waals surface area contributed by atoms with Gasteiger partial charge in [-0.1, -0.05) is 12.1 Å². The van der Waals surface area contributed by atoms with Crippen molar-refractivity contribution < 1.29 is 8.42 Å². The predicted molar refractivity (Wildman–Crippen MR) is 75.8 cm³/mol. The second-order valence-electron chi connectivity index (χ2n) is 4.29. The molecular formula is C14H13N3O2S. The van der Waals surface area contributed by atoms with Crippen molar-refractivity contribution in [2.75, 3.05) is 11.6 Å². The van der Waals surface area contributed by atoms with E-state index in [1.165, 1.54) is 12.3 Å². The Kier molecular flexibility index (Phi) is 4.01. The molecular weight excluding hydrogens is 274 g/mol. The Morgan fingerprint density at radius 2 is 2.10 bits per heavy atom. The molecule has 0 fully saturated rings. The third kappa shape index (κ3) is 3.33. The molecule has 0 atom stereocenters. The van der Waals surface area contributed by atoms with E-state index in [2.05, 4.69) is 16.4 Å². The summed E-state index contributed by atoms with van der Waals surface area (Å²) in [5.74, 6) is 0.317. The summed E-state index contributed by atoms with van der Waals surface area (Å²) >= 11 is 0. The van der Waals surface area contributed by atoms with Gasteiger partial charge in [0.2, 0.25) is 0 Å². The maximum atomic E-state index is 11.6. The highest BCUT2D eigenvalue weighted by atomic mass is 32.2. The molecule has 5 nitrogen and oxygen atoms in total. The molecule has 0 unspecified atom stereocenters. The highest BCUT2D eigenvalue weighted by molar-refractivity contribution is 7.90. The molecule has 6 heteroatoms. The van der Waals surface area contributed by atoms with Crippen LogP contribution in [0, 0.1) is 11.3 Å². The Labute approximate surface area is 117 Å². The molecule has 102 valence electrons. The lowest BCUT2D eigenvalue weighted by Crippen LogP contribution is -2.07. The van der Waals surface area contributed by atoms with Gasteiger partial charge in [0.1, 0.15) is 10.7 Å². The van der Waals surface area contributed by atoms with Gasteiger partial charge in [-0.05, 0) is 29.8 Å². The number of sulfone groups is 1. The summed E-state index contributed by atoms with van der Waals surface area (Å²) in [6.45, 7) is 0.398. The number of hydrogen-bond donors (Lipinski definition) is 1. The van der Waals surface area contributed by atoms with Crippen molar-refractivity contribution in [3.8, 4) is 6.07 Å². The van der Waals surface area contributed by atoms with Crippen LogP contribution in [-0.2, 0) is 16.4 Å². The summed E-state index contributed by atoms with van der Waals surface area (Å²) in [5.41, 5.74) is 1.45. The summed E-state index contributed by atoms with van der Waals surface area (Å²) in [5, 5.41) is 11.8. The molecule has 0 radical (unpaired) electrons. The average molecular weight is 287 g/mol. The molecule has 1 aromatic heterocycles. The van der Waals surface area contributed by atoms with E-state index in [0.29, 0.717) is 17.9 Å². The first-order chi connectivity index (χ1) is 9.50. The van der Waals surface area contributed by atoms with Gasteiger partial charge in [0.25, 0.3) is 0 Å². The number of pyridine rings is 1. The van der Waals surface area contributed by atoms with Crippen LogP contribution in [0.5, 0.6) is 0 Å². The van der Waals surface area contributed by atoms with Crippen LogP contribution < -0.4 is 5.32 Å². The van der Waals surface area contributed by atoms with Crippen LogP contribution in [0.3, 0.4) is 0 Å². The molecule has 1 N–H and O–H groups in total. The number of aromatic nitrogens is 1. The standard InChI is InChI=1S/C14H13N3O2S/c1-20(18,19)13-6-3-7-16-14(13)17-10-12-5-2-4-11(8-12)9-15/h2-8H,10H2,1H3,(H,16,17). The zero-order valence-corrected chi connectivity index (χ0v) is 11.7. The van der Waals surface area contributed by atoms with E-state index in [1.807, 2.05) is 6.07 Å². The first-order valence-electron chi connectivity index (χ1n) is 5.88. The first kappa shape index (κ1) is 14.0. The molecule has 0 aliphatic rings. The van der Waals surface area contributed by atoms with E-state index in [1.54, 1.807) is 24.3 Å². The summed E-state index contributed by atoms with van der Waals surface area (Å²) in [4.78, 5) is 4.21. The lowest BCUT2D eigenvalue weighted by Gasteiger charge is -2.09. The van der Waals surface area contributed by atoms with Crippen LogP contribution >= 0.6 is 0 Å². The summed E-state index contributed by atoms with van der Waals surface area (Å²) in [7, 11) is -3.33. The van der Waals surface area contributed by atoms with Crippen LogP contribution in [0.2, 0.25) is 0 Å². The fraction of sp³-hybridized carbons (Fsp3) is 0.143. The van der Waals surface area contributed by atoms with E-state index in [4.69, 9.17) is 5.26 Å². The van der Waals surface area contributed by atoms with Crippen molar-refractivity contribution in [1.82, 2.24) is 4.98 Å². The predicted octanol–water partition coefficient (Wildman–Crippen LogP) is 1.97. The zero-order chi connectivity index (χ0) is 14.6. The SMILES string of the molecule is CS(=O)(=O)c1cccnc1NCc1cccc(C#N)c1. The molecule has 0 bridgehead atoms. The normalized spacial score (nSPS) is 10.8. The monoisotopic (exact) mass is 287 g/mol. The lowest BCUT2D eigenvalue weighted by atomic mass is 10.1. The largest absolute Gasteiger partial charge is 0.365 e. The maximum absolute atomic E-state index is 11.6. The Balaban J connectivity index is 2.22. The Morgan fingerprint density at radius 3 is 2.80 bits per heavy atom. The third-order valence-electron chi connectivity index (χ3n) is 2.69. The van der Waals surface area contributed by atoms with E-state index in [9.17, 15) is 8.42 Å². The Morgan fingerprint density at radius 1 is 1.30 bits per heavy atom. The van der Waals surface area contributed by atoms with Crippen molar-refractivity contribution >= 4 is 15.7 Å². The number of benzene rings is 1. The minimum absolute atomic E-state index is 0.163. The van der Waals surface area contributed by atoms with Crippen molar-refractivity contribution in [2.24, 2.45) is 0 Å². The molecule has 1 heterocycles. The fourth-order valence-corrected chi connectivity index (χ4v) is 2.56. The summed E-state index contributed by atoms with van der Waals surface area (Å²) in [6.07, 6.45) is 2.67. The minimum atomic E-state index is -3.33. The molecule has 2 aromatic rings. The minimum Gasteiger partial charge on any atom is -0.365 e. The topological polar surface area (TPSA) is 82.8 Å². The molecule has 0 aliphatic heterocycles. The first-order valence-corrected chi connectivity index (χ1v) is 7.78. The average Bonchev–Trinajstić information content (AvgIpc) is 2.44. The molecule has 0 saturated heterocycles. The molecule has 0 spiro atoms. The van der Waals surface area contributed by atoms with E-state index in [0.717, 1.165) is 11.8 Å². The second-order valence-corrected chi connectivity index (χ2v) is 6.27. The quantitative estimate of drug-likeness (QED) is 0.929. The number of rotatable bonds is 4. The molecule has 0 amide bonds. The van der Waals surface area contributed by atoms with E-state index in [-0.39, 0.29) is 4.90 Å². The number of anilines is 1. The van der Waals surface area contributed by atoms with Crippen LogP contribution in [0.25, 0.3) is 0 Å². The van der Waals surface area contributed by atoms with Crippen LogP contribution in [0.15, 0.2) is 47.5 Å². The third-order valence-corrected chi connectivity index (χ3v) is 3.81. The van der Waals surface area contributed by atoms with Crippen molar-refractivity contribution in [1.29, 1.82) is 5.26 Å². The van der Waals surface area contributed by atoms with E-state index < -0.39 is 9.84 Å². The van der Waals surface area contributed by atoms with Crippen LogP contribution in [0.1, 0.15) is 11.1 Å². The molecule has 0 saturated carbocycles. The lowest BCUT2D eigenvalue weighted by molar-refractivity contribution is 0.601. The van der Waals surface area contributed by atoms with Gasteiger partial charge in [-0.15, -0.1) is 0 Å². The summed E-state index contributed by atoms with van der Waals surface area (Å²) in [6, 6.07) is 12.3. The highest BCUT2D eigenvalue weighted by Gasteiger charge is 2.13. The van der Waals surface area contributed by atoms with Gasteiger partial charge < -0.3 is 5.32 Å². The van der Waals surface area contributed by atoms with Crippen molar-refractivity contribution in [2.45, 2.75) is 11.4 Å². The van der Waals surface area contributed by atoms with Gasteiger partial charge >= 0.3 is 0 Å². The van der Waals surface area contributed by atoms with Crippen molar-refractivity contribution in [3.05, 3.63) is 53.7 Å². The smallest absolute Gasteiger partial charge is 0.179 e. The Bertz CT molecular complexity index is 764. The number of hydrogen-bond acceptors (Lipinski definition) is 5. The molecule has 20 heavy (non-hydrogen) atoms. The maximum Gasteiger partial charge on any atom is 0.179 e. The molecule has 2 rings (SSSR count). The molecule has 0 aliphatic carbocycles. The number of nitrogens with one attached hydrogen (secondary N) is 1. The van der Waals surface area contributed by atoms with E-state index >= 15 is 0 Å². The van der Waals surface area contributed by atoms with Gasteiger partial charge in [-0.3, -0.25) is 0 Å². The summed E-state index contributed by atoms with van der Waals surface area (Å²) < 4.78 is 23.3. The zero-order valence-electron chi connectivity index (χ0n) is 10.9.